The van der Waals surface area contributed by atoms with Crippen LogP contribution in [-0.4, -0.2) is 30.6 Å². The van der Waals surface area contributed by atoms with Crippen LogP contribution in [0.25, 0.3) is 0 Å². The highest BCUT2D eigenvalue weighted by molar-refractivity contribution is 5.86. The molecule has 1 heterocycles. The van der Waals surface area contributed by atoms with Gasteiger partial charge in [-0.2, -0.15) is 0 Å². The molecule has 0 aromatic heterocycles. The number of benzene rings is 1. The van der Waals surface area contributed by atoms with Crippen molar-refractivity contribution in [3.05, 3.63) is 30.1 Å². The monoisotopic (exact) mass is 319 g/mol. The van der Waals surface area contributed by atoms with Gasteiger partial charge in [0.2, 0.25) is 5.91 Å². The molecule has 1 atom stereocenters. The number of nitrogens with zero attached hydrogens (tertiary/aromatic N) is 1. The van der Waals surface area contributed by atoms with Crippen LogP contribution < -0.4 is 16.0 Å². The van der Waals surface area contributed by atoms with E-state index < -0.39 is 5.54 Å². The molecule has 5 heteroatoms. The predicted octanol–water partition coefficient (Wildman–Crippen LogP) is 2.57. The summed E-state index contributed by atoms with van der Waals surface area (Å²) >= 11 is 0. The van der Waals surface area contributed by atoms with Crippen LogP contribution in [0.1, 0.15) is 44.9 Å². The van der Waals surface area contributed by atoms with Crippen LogP contribution in [-0.2, 0) is 4.79 Å². The van der Waals surface area contributed by atoms with Gasteiger partial charge in [-0.05, 0) is 43.9 Å². The smallest absolute Gasteiger partial charge is 0.240 e. The maximum atomic E-state index is 13.4. The number of carbonyl (C=O) groups excluding carboxylic acids is 1. The average molecular weight is 319 g/mol. The Labute approximate surface area is 137 Å². The number of nitrogens with one attached hydrogen (secondary N) is 1. The molecule has 1 unspecified atom stereocenters. The fourth-order valence-corrected chi connectivity index (χ4v) is 3.74. The minimum absolute atomic E-state index is 0.0108. The maximum absolute atomic E-state index is 13.4. The second kappa shape index (κ2) is 6.87. The summed E-state index contributed by atoms with van der Waals surface area (Å²) in [6.07, 6.45) is 6.72. The highest BCUT2D eigenvalue weighted by Gasteiger charge is 2.36. The minimum Gasteiger partial charge on any atom is -0.369 e. The molecule has 2 aliphatic rings. The zero-order valence-electron chi connectivity index (χ0n) is 13.6. The summed E-state index contributed by atoms with van der Waals surface area (Å²) in [5.74, 6) is -0.236. The molecule has 1 saturated heterocycles. The van der Waals surface area contributed by atoms with Gasteiger partial charge in [-0.1, -0.05) is 25.3 Å². The van der Waals surface area contributed by atoms with Crippen LogP contribution in [0.2, 0.25) is 0 Å². The van der Waals surface area contributed by atoms with E-state index in [9.17, 15) is 9.18 Å². The Morgan fingerprint density at radius 1 is 1.26 bits per heavy atom. The standard InChI is InChI=1S/C18H26FN3O/c19-14-6-4-8-16(12-14)22-11-5-7-15(13-22)21-17(23)18(20)9-2-1-3-10-18/h4,6,8,12,15H,1-3,5,7,9-11,13,20H2,(H,21,23). The maximum Gasteiger partial charge on any atom is 0.240 e. The Morgan fingerprint density at radius 2 is 2.04 bits per heavy atom. The van der Waals surface area contributed by atoms with E-state index in [4.69, 9.17) is 5.73 Å². The number of rotatable bonds is 3. The van der Waals surface area contributed by atoms with E-state index in [-0.39, 0.29) is 17.8 Å². The number of anilines is 1. The molecule has 3 rings (SSSR count). The van der Waals surface area contributed by atoms with Gasteiger partial charge in [0.1, 0.15) is 5.82 Å². The summed E-state index contributed by atoms with van der Waals surface area (Å²) in [7, 11) is 0. The third-order valence-electron chi connectivity index (χ3n) is 5.13. The van der Waals surface area contributed by atoms with Crippen molar-refractivity contribution in [3.63, 3.8) is 0 Å². The van der Waals surface area contributed by atoms with E-state index in [1.165, 1.54) is 12.5 Å². The van der Waals surface area contributed by atoms with Crippen molar-refractivity contribution in [2.45, 2.75) is 56.5 Å². The Balaban J connectivity index is 1.61. The van der Waals surface area contributed by atoms with E-state index in [2.05, 4.69) is 10.2 Å². The van der Waals surface area contributed by atoms with E-state index >= 15 is 0 Å². The summed E-state index contributed by atoms with van der Waals surface area (Å²) in [6, 6.07) is 6.73. The lowest BCUT2D eigenvalue weighted by Crippen LogP contribution is -2.59. The highest BCUT2D eigenvalue weighted by atomic mass is 19.1. The fraction of sp³-hybridized carbons (Fsp3) is 0.611. The van der Waals surface area contributed by atoms with Crippen molar-refractivity contribution >= 4 is 11.6 Å². The van der Waals surface area contributed by atoms with E-state index in [0.29, 0.717) is 6.54 Å². The molecule has 1 aliphatic heterocycles. The van der Waals surface area contributed by atoms with Gasteiger partial charge < -0.3 is 16.0 Å². The Bertz CT molecular complexity index is 557. The topological polar surface area (TPSA) is 58.4 Å². The number of hydrogen-bond acceptors (Lipinski definition) is 3. The van der Waals surface area contributed by atoms with Crippen LogP contribution in [0, 0.1) is 5.82 Å². The lowest BCUT2D eigenvalue weighted by atomic mass is 9.81. The molecule has 2 fully saturated rings. The number of hydrogen-bond donors (Lipinski definition) is 2. The fourth-order valence-electron chi connectivity index (χ4n) is 3.74. The minimum atomic E-state index is -0.695. The van der Waals surface area contributed by atoms with Gasteiger partial charge in [-0.3, -0.25) is 4.79 Å². The Morgan fingerprint density at radius 3 is 2.78 bits per heavy atom. The lowest BCUT2D eigenvalue weighted by molar-refractivity contribution is -0.128. The molecular weight excluding hydrogens is 293 g/mol. The van der Waals surface area contributed by atoms with Crippen LogP contribution in [0.5, 0.6) is 0 Å². The number of carbonyl (C=O) groups is 1. The van der Waals surface area contributed by atoms with Crippen molar-refractivity contribution in [1.82, 2.24) is 5.32 Å². The van der Waals surface area contributed by atoms with Crippen LogP contribution >= 0.6 is 0 Å². The highest BCUT2D eigenvalue weighted by Crippen LogP contribution is 2.27. The Kier molecular flexibility index (Phi) is 4.85. The first-order chi connectivity index (χ1) is 11.1. The summed E-state index contributed by atoms with van der Waals surface area (Å²) < 4.78 is 13.4. The van der Waals surface area contributed by atoms with Gasteiger partial charge in [0, 0.05) is 24.8 Å². The molecule has 1 aliphatic carbocycles. The van der Waals surface area contributed by atoms with Gasteiger partial charge >= 0.3 is 0 Å². The molecule has 0 radical (unpaired) electrons. The summed E-state index contributed by atoms with van der Waals surface area (Å²) in [5.41, 5.74) is 6.49. The second-order valence-electron chi connectivity index (χ2n) is 6.96. The molecule has 23 heavy (non-hydrogen) atoms. The summed E-state index contributed by atoms with van der Waals surface area (Å²) in [4.78, 5) is 14.7. The third kappa shape index (κ3) is 3.83. The largest absolute Gasteiger partial charge is 0.369 e. The molecule has 1 saturated carbocycles. The van der Waals surface area contributed by atoms with Gasteiger partial charge in [0.05, 0.1) is 5.54 Å². The van der Waals surface area contributed by atoms with E-state index in [1.807, 2.05) is 6.07 Å². The molecule has 0 bridgehead atoms. The zero-order valence-corrected chi connectivity index (χ0v) is 13.6. The molecular formula is C18H26FN3O. The molecule has 126 valence electrons. The van der Waals surface area contributed by atoms with E-state index in [0.717, 1.165) is 50.8 Å². The molecule has 3 N–H and O–H groups in total. The average Bonchev–Trinajstić information content (AvgIpc) is 2.56. The first-order valence-electron chi connectivity index (χ1n) is 8.67. The normalized spacial score (nSPS) is 24.3. The van der Waals surface area contributed by atoms with Crippen molar-refractivity contribution < 1.29 is 9.18 Å². The second-order valence-corrected chi connectivity index (χ2v) is 6.96. The molecule has 1 amide bonds. The van der Waals surface area contributed by atoms with Crippen molar-refractivity contribution in [2.24, 2.45) is 5.73 Å². The molecule has 1 aromatic rings. The van der Waals surface area contributed by atoms with Gasteiger partial charge in [0.25, 0.3) is 0 Å². The zero-order chi connectivity index (χ0) is 16.3. The van der Waals surface area contributed by atoms with Crippen LogP contribution in [0.15, 0.2) is 24.3 Å². The summed E-state index contributed by atoms with van der Waals surface area (Å²) in [6.45, 7) is 1.61. The van der Waals surface area contributed by atoms with Crippen molar-refractivity contribution in [2.75, 3.05) is 18.0 Å². The SMILES string of the molecule is NC1(C(=O)NC2CCCN(c3cccc(F)c3)C2)CCCCC1. The summed E-state index contributed by atoms with van der Waals surface area (Å²) in [5, 5.41) is 3.14. The van der Waals surface area contributed by atoms with Crippen LogP contribution in [0.3, 0.4) is 0 Å². The predicted molar refractivity (Wildman–Crippen MR) is 89.8 cm³/mol. The number of nitrogens with two attached hydrogens (primary N) is 1. The molecule has 1 aromatic carbocycles. The van der Waals surface area contributed by atoms with Gasteiger partial charge in [-0.25, -0.2) is 4.39 Å². The van der Waals surface area contributed by atoms with Crippen molar-refractivity contribution in [3.8, 4) is 0 Å². The first-order valence-corrected chi connectivity index (χ1v) is 8.67. The number of halogens is 1. The Hall–Kier alpha value is -1.62. The first kappa shape index (κ1) is 16.2. The van der Waals surface area contributed by atoms with E-state index in [1.54, 1.807) is 12.1 Å². The third-order valence-corrected chi connectivity index (χ3v) is 5.13. The molecule has 4 nitrogen and oxygen atoms in total. The number of amides is 1. The molecule has 0 spiro atoms. The lowest BCUT2D eigenvalue weighted by Gasteiger charge is -2.38. The van der Waals surface area contributed by atoms with Gasteiger partial charge in [0.15, 0.2) is 0 Å². The van der Waals surface area contributed by atoms with Crippen molar-refractivity contribution in [1.29, 1.82) is 0 Å². The van der Waals surface area contributed by atoms with Gasteiger partial charge in [-0.15, -0.1) is 0 Å². The quantitative estimate of drug-likeness (QED) is 0.900. The number of piperidine rings is 1. The van der Waals surface area contributed by atoms with Crippen LogP contribution in [0.4, 0.5) is 10.1 Å².